The van der Waals surface area contributed by atoms with Gasteiger partial charge in [-0.15, -0.1) is 0 Å². The quantitative estimate of drug-likeness (QED) is 0.0908. The number of carbonyl (C=O) groups is 7. The Labute approximate surface area is 378 Å². The lowest BCUT2D eigenvalue weighted by Gasteiger charge is -2.42. The van der Waals surface area contributed by atoms with E-state index in [4.69, 9.17) is 10.5 Å². The number of carbonyl (C=O) groups excluding carboxylic acids is 7. The maximum Gasteiger partial charge on any atom is 0.246 e. The molecule has 4 aromatic carbocycles. The SMILES string of the molecule is NCCOCCNC(=O)[C@@H]1CCNC(=O)/C=C/C(=O)N2CCC[C@](Cc3ccccc3)(C2)C(=O)N[C@@H](Cc2ccc(C(=O)c3ccccc3)cc2)C(=O)NCc2ccccc2CC(=O)N1. The molecule has 7 N–H and O–H groups in total. The summed E-state index contributed by atoms with van der Waals surface area (Å²) in [7, 11) is 0. The van der Waals surface area contributed by atoms with Gasteiger partial charge in [-0.2, -0.15) is 0 Å². The Bertz CT molecular complexity index is 2320. The molecule has 2 aliphatic heterocycles. The van der Waals surface area contributed by atoms with Gasteiger partial charge in [-0.1, -0.05) is 109 Å². The number of amides is 6. The number of rotatable bonds is 12. The van der Waals surface area contributed by atoms with Gasteiger partial charge < -0.3 is 42.0 Å². The van der Waals surface area contributed by atoms with Crippen molar-refractivity contribution in [3.63, 3.8) is 0 Å². The molecule has 6 rings (SSSR count). The van der Waals surface area contributed by atoms with Crippen molar-refractivity contribution in [2.45, 2.75) is 57.2 Å². The molecule has 1 fully saturated rings. The van der Waals surface area contributed by atoms with Crippen molar-refractivity contribution < 1.29 is 38.3 Å². The molecule has 2 heterocycles. The molecule has 15 nitrogen and oxygen atoms in total. The zero-order valence-electron chi connectivity index (χ0n) is 36.4. The van der Waals surface area contributed by atoms with Crippen LogP contribution in [0.2, 0.25) is 0 Å². The summed E-state index contributed by atoms with van der Waals surface area (Å²) in [6.45, 7) is 1.45. The van der Waals surface area contributed by atoms with Crippen LogP contribution in [0.25, 0.3) is 0 Å². The first kappa shape index (κ1) is 47.5. The molecule has 0 aromatic heterocycles. The third-order valence-corrected chi connectivity index (χ3v) is 11.6. The van der Waals surface area contributed by atoms with Crippen LogP contribution in [-0.4, -0.2) is 104 Å². The van der Waals surface area contributed by atoms with E-state index in [1.165, 1.54) is 0 Å². The van der Waals surface area contributed by atoms with E-state index in [2.05, 4.69) is 26.6 Å². The Morgan fingerprint density at radius 2 is 1.46 bits per heavy atom. The van der Waals surface area contributed by atoms with Crippen molar-refractivity contribution in [3.8, 4) is 0 Å². The van der Waals surface area contributed by atoms with Crippen LogP contribution in [-0.2, 0) is 59.3 Å². The molecule has 0 saturated carbocycles. The van der Waals surface area contributed by atoms with Crippen LogP contribution in [0.4, 0.5) is 0 Å². The van der Waals surface area contributed by atoms with Crippen LogP contribution < -0.4 is 32.3 Å². The lowest BCUT2D eigenvalue weighted by atomic mass is 9.74. The summed E-state index contributed by atoms with van der Waals surface area (Å²) < 4.78 is 5.36. The second-order valence-corrected chi connectivity index (χ2v) is 16.3. The molecule has 0 unspecified atom stereocenters. The largest absolute Gasteiger partial charge is 0.378 e. The van der Waals surface area contributed by atoms with Gasteiger partial charge in [0.2, 0.25) is 35.4 Å². The summed E-state index contributed by atoms with van der Waals surface area (Å²) in [6, 6.07) is 30.3. The van der Waals surface area contributed by atoms with Crippen LogP contribution >= 0.6 is 0 Å². The van der Waals surface area contributed by atoms with Crippen molar-refractivity contribution in [1.29, 1.82) is 0 Å². The number of hydrogen-bond donors (Lipinski definition) is 6. The van der Waals surface area contributed by atoms with Gasteiger partial charge in [0.15, 0.2) is 5.78 Å². The van der Waals surface area contributed by atoms with E-state index in [0.717, 1.165) is 17.7 Å². The normalized spacial score (nSPS) is 20.6. The van der Waals surface area contributed by atoms with Crippen molar-refractivity contribution >= 4 is 41.2 Å². The highest BCUT2D eigenvalue weighted by Crippen LogP contribution is 2.35. The number of benzene rings is 4. The summed E-state index contributed by atoms with van der Waals surface area (Å²) >= 11 is 0. The lowest BCUT2D eigenvalue weighted by Crippen LogP contribution is -2.58. The third-order valence-electron chi connectivity index (χ3n) is 11.6. The standard InChI is InChI=1S/C50H57N7O8/c51-24-28-65-29-26-53-47(62)41-22-25-52-43(58)20-21-45(60)57-27-9-23-50(34-57,32-36-10-3-1-4-11-36)49(64)56-42(48(63)54-33-40-15-8-7-14-39(40)31-44(59)55-41)30-35-16-18-38(19-17-35)46(61)37-12-5-2-6-13-37/h1-8,10-21,41-42H,9,22-34,51H2,(H,52,58)(H,53,62)(H,54,63)(H,55,59)(H,56,64)/b21-20+/t41-,42-,50-/m0/s1. The molecule has 4 aromatic rings. The van der Waals surface area contributed by atoms with Crippen LogP contribution in [0.3, 0.4) is 0 Å². The number of ether oxygens (including phenoxy) is 1. The van der Waals surface area contributed by atoms with E-state index in [1.807, 2.05) is 36.4 Å². The topological polar surface area (TPSA) is 218 Å². The number of piperidine rings is 1. The maximum atomic E-state index is 14.9. The number of hydrogen-bond acceptors (Lipinski definition) is 9. The second kappa shape index (κ2) is 23.6. The molecule has 0 radical (unpaired) electrons. The Hall–Kier alpha value is -6.97. The first-order chi connectivity index (χ1) is 31.5. The number of ketones is 1. The molecular formula is C50H57N7O8. The minimum atomic E-state index is -1.14. The van der Waals surface area contributed by atoms with Gasteiger partial charge in [0.1, 0.15) is 12.1 Å². The summed E-state index contributed by atoms with van der Waals surface area (Å²) in [5.41, 5.74) is 8.17. The third kappa shape index (κ3) is 13.8. The van der Waals surface area contributed by atoms with Gasteiger partial charge >= 0.3 is 0 Å². The van der Waals surface area contributed by atoms with Crippen LogP contribution in [0.15, 0.2) is 121 Å². The first-order valence-electron chi connectivity index (χ1n) is 22.0. The predicted molar refractivity (Wildman–Crippen MR) is 244 cm³/mol. The number of nitrogens with two attached hydrogens (primary N) is 1. The number of nitrogens with one attached hydrogen (secondary N) is 5. The summed E-state index contributed by atoms with van der Waals surface area (Å²) in [5, 5.41) is 14.3. The van der Waals surface area contributed by atoms with E-state index in [-0.39, 0.29) is 64.3 Å². The molecular weight excluding hydrogens is 827 g/mol. The lowest BCUT2D eigenvalue weighted by molar-refractivity contribution is -0.141. The van der Waals surface area contributed by atoms with Gasteiger partial charge in [0.05, 0.1) is 25.0 Å². The average molecular weight is 884 g/mol. The van der Waals surface area contributed by atoms with Gasteiger partial charge in [-0.05, 0) is 47.9 Å². The van der Waals surface area contributed by atoms with Gasteiger partial charge in [-0.25, -0.2) is 0 Å². The molecule has 3 atom stereocenters. The Morgan fingerprint density at radius 3 is 2.20 bits per heavy atom. The second-order valence-electron chi connectivity index (χ2n) is 16.3. The highest BCUT2D eigenvalue weighted by molar-refractivity contribution is 6.09. The van der Waals surface area contributed by atoms with Crippen molar-refractivity contribution in [2.75, 3.05) is 45.9 Å². The van der Waals surface area contributed by atoms with Crippen molar-refractivity contribution in [2.24, 2.45) is 11.1 Å². The van der Waals surface area contributed by atoms with E-state index in [0.29, 0.717) is 60.4 Å². The fourth-order valence-corrected chi connectivity index (χ4v) is 8.12. The fraction of sp³-hybridized carbons (Fsp3) is 0.340. The fourth-order valence-electron chi connectivity index (χ4n) is 8.12. The average Bonchev–Trinajstić information content (AvgIpc) is 3.32. The Balaban J connectivity index is 1.30. The molecule has 0 spiro atoms. The Morgan fingerprint density at radius 1 is 0.769 bits per heavy atom. The number of fused-ring (bicyclic) bond motifs is 3. The van der Waals surface area contributed by atoms with E-state index >= 15 is 0 Å². The smallest absolute Gasteiger partial charge is 0.246 e. The Kier molecular flexibility index (Phi) is 17.3. The van der Waals surface area contributed by atoms with E-state index in [1.54, 1.807) is 77.7 Å². The van der Waals surface area contributed by atoms with Gasteiger partial charge in [0.25, 0.3) is 0 Å². The van der Waals surface area contributed by atoms with Crippen molar-refractivity contribution in [3.05, 3.63) is 155 Å². The molecule has 6 amide bonds. The zero-order valence-corrected chi connectivity index (χ0v) is 36.4. The molecule has 2 aliphatic rings. The number of nitrogens with zero attached hydrogens (tertiary/aromatic N) is 1. The van der Waals surface area contributed by atoms with Crippen LogP contribution in [0, 0.1) is 5.41 Å². The van der Waals surface area contributed by atoms with E-state index in [9.17, 15) is 33.6 Å². The van der Waals surface area contributed by atoms with Crippen molar-refractivity contribution in [1.82, 2.24) is 31.5 Å². The predicted octanol–water partition coefficient (Wildman–Crippen LogP) is 2.31. The maximum absolute atomic E-state index is 14.9. The summed E-state index contributed by atoms with van der Waals surface area (Å²) in [4.78, 5) is 97.6. The molecule has 2 bridgehead atoms. The minimum Gasteiger partial charge on any atom is -0.378 e. The highest BCUT2D eigenvalue weighted by atomic mass is 16.5. The molecule has 15 heteroatoms. The van der Waals surface area contributed by atoms with Crippen LogP contribution in [0.5, 0.6) is 0 Å². The van der Waals surface area contributed by atoms with Gasteiger partial charge in [0, 0.05) is 69.0 Å². The monoisotopic (exact) mass is 883 g/mol. The molecule has 65 heavy (non-hydrogen) atoms. The first-order valence-corrected chi connectivity index (χ1v) is 22.0. The molecule has 0 aliphatic carbocycles. The minimum absolute atomic E-state index is 0.00319. The van der Waals surface area contributed by atoms with Gasteiger partial charge in [-0.3, -0.25) is 33.6 Å². The van der Waals surface area contributed by atoms with E-state index < -0.39 is 52.9 Å². The molecule has 1 saturated heterocycles. The summed E-state index contributed by atoms with van der Waals surface area (Å²) in [6.07, 6.45) is 3.46. The zero-order chi connectivity index (χ0) is 46.0. The summed E-state index contributed by atoms with van der Waals surface area (Å²) in [5.74, 6) is -3.02. The van der Waals surface area contributed by atoms with Crippen LogP contribution in [0.1, 0.15) is 57.4 Å². The molecule has 340 valence electrons. The highest BCUT2D eigenvalue weighted by Gasteiger charge is 2.44.